The van der Waals surface area contributed by atoms with Gasteiger partial charge in [0.25, 0.3) is 5.91 Å². The molecule has 158 valence electrons. The van der Waals surface area contributed by atoms with Crippen LogP contribution in [0.3, 0.4) is 0 Å². The van der Waals surface area contributed by atoms with E-state index in [9.17, 15) is 19.8 Å². The van der Waals surface area contributed by atoms with Gasteiger partial charge in [-0.25, -0.2) is 0 Å². The van der Waals surface area contributed by atoms with Gasteiger partial charge >= 0.3 is 0 Å². The van der Waals surface area contributed by atoms with E-state index in [4.69, 9.17) is 4.42 Å². The average molecular weight is 425 g/mol. The van der Waals surface area contributed by atoms with Crippen molar-refractivity contribution in [2.75, 3.05) is 4.90 Å². The van der Waals surface area contributed by atoms with Gasteiger partial charge in [0.2, 0.25) is 5.78 Å². The molecular weight excluding hydrogens is 406 g/mol. The molecule has 32 heavy (non-hydrogen) atoms. The Balaban J connectivity index is 1.66. The number of para-hydroxylation sites is 1. The number of aliphatic hydroxyl groups excluding tert-OH is 1. The molecule has 4 aromatic rings. The van der Waals surface area contributed by atoms with Crippen LogP contribution in [-0.2, 0) is 4.79 Å². The van der Waals surface area contributed by atoms with Crippen LogP contribution in [0.25, 0.3) is 11.0 Å². The number of aliphatic hydroxyl groups is 1. The van der Waals surface area contributed by atoms with E-state index in [1.54, 1.807) is 42.5 Å². The Morgan fingerprint density at radius 1 is 0.938 bits per heavy atom. The van der Waals surface area contributed by atoms with Gasteiger partial charge in [-0.3, -0.25) is 14.5 Å². The first-order valence-electron chi connectivity index (χ1n) is 10.1. The highest BCUT2D eigenvalue weighted by atomic mass is 16.3. The molecule has 0 aliphatic carbocycles. The number of aryl methyl sites for hydroxylation is 1. The molecule has 0 bridgehead atoms. The van der Waals surface area contributed by atoms with E-state index in [0.29, 0.717) is 16.8 Å². The zero-order valence-electron chi connectivity index (χ0n) is 17.1. The summed E-state index contributed by atoms with van der Waals surface area (Å²) in [6.07, 6.45) is 0. The normalized spacial score (nSPS) is 16.2. The van der Waals surface area contributed by atoms with Gasteiger partial charge in [0.05, 0.1) is 11.6 Å². The number of ketones is 1. The van der Waals surface area contributed by atoms with Crippen molar-refractivity contribution in [1.29, 1.82) is 0 Å². The second-order valence-corrected chi connectivity index (χ2v) is 7.74. The van der Waals surface area contributed by atoms with Gasteiger partial charge in [0.15, 0.2) is 11.5 Å². The highest BCUT2D eigenvalue weighted by Crippen LogP contribution is 2.42. The summed E-state index contributed by atoms with van der Waals surface area (Å²) in [5, 5.41) is 21.3. The fourth-order valence-electron chi connectivity index (χ4n) is 4.01. The Labute approximate surface area is 183 Å². The maximum Gasteiger partial charge on any atom is 0.294 e. The maximum atomic E-state index is 13.5. The predicted octanol–water partition coefficient (Wildman–Crippen LogP) is 5.23. The van der Waals surface area contributed by atoms with Crippen molar-refractivity contribution >= 4 is 28.3 Å². The lowest BCUT2D eigenvalue weighted by Crippen LogP contribution is -2.31. The molecule has 6 nitrogen and oxygen atoms in total. The Hall–Kier alpha value is -4.32. The molecule has 1 aliphatic heterocycles. The minimum atomic E-state index is -0.883. The molecule has 1 amide bonds. The molecule has 1 unspecified atom stereocenters. The number of rotatable bonds is 4. The van der Waals surface area contributed by atoms with Crippen LogP contribution in [0.1, 0.15) is 27.7 Å². The number of carbonyl (C=O) groups is 2. The van der Waals surface area contributed by atoms with Crippen molar-refractivity contribution in [3.05, 3.63) is 107 Å². The van der Waals surface area contributed by atoms with E-state index in [2.05, 4.69) is 0 Å². The zero-order chi connectivity index (χ0) is 22.4. The number of nitrogens with zero attached hydrogens (tertiary/aromatic N) is 1. The van der Waals surface area contributed by atoms with Crippen LogP contribution in [-0.4, -0.2) is 21.9 Å². The number of Topliss-reactive ketones (excluding diaryl/α,β-unsaturated/α-hetero) is 1. The standard InChI is InChI=1S/C26H19NO5/c1-15-6-10-18(11-7-15)27-23(16-8-12-19(28)13-9-16)22(25(30)26(27)31)24(29)21-14-17-4-2-3-5-20(17)32-21/h2-14,23,28,30H,1H3. The molecule has 0 saturated heterocycles. The lowest BCUT2D eigenvalue weighted by atomic mass is 9.94. The number of amides is 1. The number of carbonyl (C=O) groups excluding carboxylic acids is 2. The molecule has 2 N–H and O–H groups in total. The Kier molecular flexibility index (Phi) is 4.56. The average Bonchev–Trinajstić information content (AvgIpc) is 3.34. The molecule has 0 fully saturated rings. The molecular formula is C26H19NO5. The number of phenols is 1. The molecule has 1 aliphatic rings. The second-order valence-electron chi connectivity index (χ2n) is 7.74. The number of benzene rings is 3. The third-order valence-corrected chi connectivity index (χ3v) is 5.62. The van der Waals surface area contributed by atoms with Crippen LogP contribution in [0, 0.1) is 6.92 Å². The van der Waals surface area contributed by atoms with Gasteiger partial charge in [-0.2, -0.15) is 0 Å². The number of furan rings is 1. The summed E-state index contributed by atoms with van der Waals surface area (Å²) in [5.41, 5.74) is 2.59. The first-order chi connectivity index (χ1) is 15.4. The summed E-state index contributed by atoms with van der Waals surface area (Å²) in [7, 11) is 0. The third kappa shape index (κ3) is 3.13. The van der Waals surface area contributed by atoms with E-state index >= 15 is 0 Å². The fraction of sp³-hybridized carbons (Fsp3) is 0.0769. The lowest BCUT2D eigenvalue weighted by molar-refractivity contribution is -0.117. The number of hydrogen-bond acceptors (Lipinski definition) is 5. The zero-order valence-corrected chi connectivity index (χ0v) is 17.1. The summed E-state index contributed by atoms with van der Waals surface area (Å²) >= 11 is 0. The Bertz CT molecular complexity index is 1350. The van der Waals surface area contributed by atoms with E-state index in [-0.39, 0.29) is 17.1 Å². The van der Waals surface area contributed by atoms with Crippen LogP contribution in [0.2, 0.25) is 0 Å². The van der Waals surface area contributed by atoms with Gasteiger partial charge in [-0.05, 0) is 48.9 Å². The summed E-state index contributed by atoms with van der Waals surface area (Å²) < 4.78 is 5.72. The van der Waals surface area contributed by atoms with E-state index in [1.807, 2.05) is 31.2 Å². The number of fused-ring (bicyclic) bond motifs is 1. The van der Waals surface area contributed by atoms with Crippen LogP contribution < -0.4 is 4.90 Å². The van der Waals surface area contributed by atoms with Crippen LogP contribution >= 0.6 is 0 Å². The topological polar surface area (TPSA) is 91.0 Å². The van der Waals surface area contributed by atoms with Crippen molar-refractivity contribution in [2.24, 2.45) is 0 Å². The summed E-state index contributed by atoms with van der Waals surface area (Å²) in [6.45, 7) is 1.93. The molecule has 1 atom stereocenters. The predicted molar refractivity (Wildman–Crippen MR) is 120 cm³/mol. The largest absolute Gasteiger partial charge is 0.508 e. The molecule has 5 rings (SSSR count). The molecule has 0 radical (unpaired) electrons. The smallest absolute Gasteiger partial charge is 0.294 e. The van der Waals surface area contributed by atoms with Crippen molar-refractivity contribution in [2.45, 2.75) is 13.0 Å². The van der Waals surface area contributed by atoms with Gasteiger partial charge in [-0.15, -0.1) is 0 Å². The molecule has 0 spiro atoms. The number of aromatic hydroxyl groups is 1. The van der Waals surface area contributed by atoms with Gasteiger partial charge in [0, 0.05) is 11.1 Å². The highest BCUT2D eigenvalue weighted by molar-refractivity contribution is 6.20. The summed E-state index contributed by atoms with van der Waals surface area (Å²) in [5.74, 6) is -1.77. The van der Waals surface area contributed by atoms with E-state index in [0.717, 1.165) is 10.9 Å². The SMILES string of the molecule is Cc1ccc(N2C(=O)C(O)=C(C(=O)c3cc4ccccc4o3)C2c2ccc(O)cc2)cc1. The van der Waals surface area contributed by atoms with Crippen LogP contribution in [0.5, 0.6) is 5.75 Å². The minimum Gasteiger partial charge on any atom is -0.508 e. The second kappa shape index (κ2) is 7.42. The molecule has 6 heteroatoms. The van der Waals surface area contributed by atoms with E-state index < -0.39 is 23.5 Å². The fourth-order valence-corrected chi connectivity index (χ4v) is 4.01. The van der Waals surface area contributed by atoms with Crippen molar-refractivity contribution in [1.82, 2.24) is 0 Å². The number of anilines is 1. The van der Waals surface area contributed by atoms with Crippen molar-refractivity contribution in [3.8, 4) is 5.75 Å². The third-order valence-electron chi connectivity index (χ3n) is 5.62. The van der Waals surface area contributed by atoms with Crippen LogP contribution in [0.15, 0.2) is 94.6 Å². The molecule has 1 aromatic heterocycles. The van der Waals surface area contributed by atoms with Crippen molar-refractivity contribution < 1.29 is 24.2 Å². The molecule has 0 saturated carbocycles. The summed E-state index contributed by atoms with van der Waals surface area (Å²) in [6, 6.07) is 21.4. The highest BCUT2D eigenvalue weighted by Gasteiger charge is 2.45. The van der Waals surface area contributed by atoms with Gasteiger partial charge in [-0.1, -0.05) is 48.0 Å². The monoisotopic (exact) mass is 425 g/mol. The maximum absolute atomic E-state index is 13.5. The van der Waals surface area contributed by atoms with Gasteiger partial charge < -0.3 is 14.6 Å². The Morgan fingerprint density at radius 3 is 2.31 bits per heavy atom. The first-order valence-corrected chi connectivity index (χ1v) is 10.1. The lowest BCUT2D eigenvalue weighted by Gasteiger charge is -2.27. The number of phenolic OH excluding ortho intramolecular Hbond substituents is 1. The Morgan fingerprint density at radius 2 is 1.62 bits per heavy atom. The first kappa shape index (κ1) is 19.6. The minimum absolute atomic E-state index is 0.0371. The van der Waals surface area contributed by atoms with E-state index in [1.165, 1.54) is 17.0 Å². The van der Waals surface area contributed by atoms with Gasteiger partial charge in [0.1, 0.15) is 11.3 Å². The van der Waals surface area contributed by atoms with Crippen LogP contribution in [0.4, 0.5) is 5.69 Å². The summed E-state index contributed by atoms with van der Waals surface area (Å²) in [4.78, 5) is 28.0. The number of hydrogen-bond donors (Lipinski definition) is 2. The van der Waals surface area contributed by atoms with Crippen molar-refractivity contribution in [3.63, 3.8) is 0 Å². The molecule has 2 heterocycles. The quantitative estimate of drug-likeness (QED) is 0.437. The molecule has 3 aromatic carbocycles.